The van der Waals surface area contributed by atoms with Gasteiger partial charge in [-0.1, -0.05) is 19.1 Å². The highest BCUT2D eigenvalue weighted by atomic mass is 16.5. The van der Waals surface area contributed by atoms with Gasteiger partial charge in [-0.05, 0) is 30.5 Å². The number of hydrogen-bond donors (Lipinski definition) is 0. The largest absolute Gasteiger partial charge is 0.493 e. The summed E-state index contributed by atoms with van der Waals surface area (Å²) >= 11 is 0. The predicted octanol–water partition coefficient (Wildman–Crippen LogP) is 2.82. The van der Waals surface area contributed by atoms with Gasteiger partial charge in [-0.2, -0.15) is 0 Å². The lowest BCUT2D eigenvalue weighted by Gasteiger charge is -2.12. The number of nitrogens with zero attached hydrogens (tertiary/aromatic N) is 3. The summed E-state index contributed by atoms with van der Waals surface area (Å²) in [5.74, 6) is 1.79. The molecule has 0 aliphatic carbocycles. The standard InChI is InChI=1S/C16H21N3O3/c1-11(2)7-8-19-16(13(10-20)17-18-19)12-5-6-14(21-3)15(9-12)22-4/h5-6,9-11H,7-8H2,1-4H3. The highest BCUT2D eigenvalue weighted by Crippen LogP contribution is 2.33. The molecule has 6 nitrogen and oxygen atoms in total. The second-order valence-corrected chi connectivity index (χ2v) is 5.42. The SMILES string of the molecule is COc1ccc(-c2c(C=O)nnn2CCC(C)C)cc1OC. The summed E-state index contributed by atoms with van der Waals surface area (Å²) in [5, 5.41) is 8.06. The number of aldehydes is 1. The number of rotatable bonds is 7. The molecule has 6 heteroatoms. The van der Waals surface area contributed by atoms with Crippen LogP contribution in [0.3, 0.4) is 0 Å². The van der Waals surface area contributed by atoms with Gasteiger partial charge < -0.3 is 9.47 Å². The van der Waals surface area contributed by atoms with Gasteiger partial charge in [-0.3, -0.25) is 4.79 Å². The Morgan fingerprint density at radius 1 is 1.23 bits per heavy atom. The minimum absolute atomic E-state index is 0.330. The predicted molar refractivity (Wildman–Crippen MR) is 83.4 cm³/mol. The normalized spacial score (nSPS) is 10.8. The van der Waals surface area contributed by atoms with Crippen molar-refractivity contribution in [3.05, 3.63) is 23.9 Å². The Labute approximate surface area is 130 Å². The van der Waals surface area contributed by atoms with Crippen molar-refractivity contribution < 1.29 is 14.3 Å². The zero-order valence-corrected chi connectivity index (χ0v) is 13.4. The van der Waals surface area contributed by atoms with E-state index in [2.05, 4.69) is 24.2 Å². The first-order valence-electron chi connectivity index (χ1n) is 7.21. The third kappa shape index (κ3) is 3.27. The molecule has 22 heavy (non-hydrogen) atoms. The molecule has 0 aliphatic rings. The lowest BCUT2D eigenvalue weighted by molar-refractivity contribution is 0.111. The van der Waals surface area contributed by atoms with E-state index in [4.69, 9.17) is 9.47 Å². The van der Waals surface area contributed by atoms with E-state index in [1.807, 2.05) is 18.2 Å². The fraction of sp³-hybridized carbons (Fsp3) is 0.438. The molecular weight excluding hydrogens is 282 g/mol. The van der Waals surface area contributed by atoms with Crippen LogP contribution in [0.4, 0.5) is 0 Å². The van der Waals surface area contributed by atoms with Crippen molar-refractivity contribution in [3.63, 3.8) is 0 Å². The first kappa shape index (κ1) is 16.0. The number of methoxy groups -OCH3 is 2. The maximum absolute atomic E-state index is 11.3. The highest BCUT2D eigenvalue weighted by Gasteiger charge is 2.16. The molecule has 0 radical (unpaired) electrons. The summed E-state index contributed by atoms with van der Waals surface area (Å²) in [6, 6.07) is 5.51. The van der Waals surface area contributed by atoms with E-state index in [0.29, 0.717) is 35.3 Å². The summed E-state index contributed by atoms with van der Waals surface area (Å²) < 4.78 is 12.3. The van der Waals surface area contributed by atoms with Gasteiger partial charge in [-0.25, -0.2) is 4.68 Å². The third-order valence-corrected chi connectivity index (χ3v) is 3.45. The van der Waals surface area contributed by atoms with Gasteiger partial charge >= 0.3 is 0 Å². The van der Waals surface area contributed by atoms with Crippen LogP contribution < -0.4 is 9.47 Å². The van der Waals surface area contributed by atoms with E-state index >= 15 is 0 Å². The highest BCUT2D eigenvalue weighted by molar-refractivity contribution is 5.83. The van der Waals surface area contributed by atoms with Crippen LogP contribution in [0, 0.1) is 5.92 Å². The van der Waals surface area contributed by atoms with Crippen molar-refractivity contribution in [2.45, 2.75) is 26.8 Å². The van der Waals surface area contributed by atoms with Crippen molar-refractivity contribution in [3.8, 4) is 22.8 Å². The number of benzene rings is 1. The van der Waals surface area contributed by atoms with Crippen LogP contribution in [0.2, 0.25) is 0 Å². The molecule has 0 unspecified atom stereocenters. The molecule has 1 heterocycles. The molecule has 0 N–H and O–H groups in total. The Morgan fingerprint density at radius 2 is 1.95 bits per heavy atom. The minimum atomic E-state index is 0.330. The molecule has 1 aromatic heterocycles. The van der Waals surface area contributed by atoms with E-state index in [0.717, 1.165) is 18.3 Å². The van der Waals surface area contributed by atoms with Gasteiger partial charge in [0.15, 0.2) is 23.5 Å². The van der Waals surface area contributed by atoms with Gasteiger partial charge in [0.2, 0.25) is 0 Å². The molecule has 0 atom stereocenters. The van der Waals surface area contributed by atoms with E-state index in [1.165, 1.54) is 0 Å². The molecule has 0 spiro atoms. The van der Waals surface area contributed by atoms with Gasteiger partial charge in [-0.15, -0.1) is 5.10 Å². The number of carbonyl (C=O) groups is 1. The number of aromatic nitrogens is 3. The molecule has 0 amide bonds. The van der Waals surface area contributed by atoms with E-state index in [1.54, 1.807) is 18.9 Å². The lowest BCUT2D eigenvalue weighted by atomic mass is 10.1. The van der Waals surface area contributed by atoms with E-state index in [9.17, 15) is 4.79 Å². The number of hydrogen-bond acceptors (Lipinski definition) is 5. The Morgan fingerprint density at radius 3 is 2.55 bits per heavy atom. The zero-order chi connectivity index (χ0) is 16.1. The van der Waals surface area contributed by atoms with Gasteiger partial charge in [0.25, 0.3) is 0 Å². The maximum atomic E-state index is 11.3. The number of ether oxygens (including phenoxy) is 2. The molecule has 118 valence electrons. The molecule has 0 bridgehead atoms. The fourth-order valence-electron chi connectivity index (χ4n) is 2.22. The monoisotopic (exact) mass is 303 g/mol. The van der Waals surface area contributed by atoms with Gasteiger partial charge in [0.1, 0.15) is 0 Å². The van der Waals surface area contributed by atoms with Crippen molar-refractivity contribution in [2.24, 2.45) is 5.92 Å². The van der Waals surface area contributed by atoms with Crippen molar-refractivity contribution in [1.82, 2.24) is 15.0 Å². The summed E-state index contributed by atoms with van der Waals surface area (Å²) in [7, 11) is 3.17. The summed E-state index contributed by atoms with van der Waals surface area (Å²) in [4.78, 5) is 11.3. The summed E-state index contributed by atoms with van der Waals surface area (Å²) in [5.41, 5.74) is 1.86. The van der Waals surface area contributed by atoms with Gasteiger partial charge in [0.05, 0.1) is 19.9 Å². The molecule has 1 aromatic carbocycles. The first-order chi connectivity index (χ1) is 10.6. The van der Waals surface area contributed by atoms with Gasteiger partial charge in [0, 0.05) is 12.1 Å². The second kappa shape index (κ2) is 7.06. The van der Waals surface area contributed by atoms with E-state index in [-0.39, 0.29) is 0 Å². The Kier molecular flexibility index (Phi) is 5.14. The van der Waals surface area contributed by atoms with E-state index < -0.39 is 0 Å². The van der Waals surface area contributed by atoms with Crippen molar-refractivity contribution in [1.29, 1.82) is 0 Å². The topological polar surface area (TPSA) is 66.2 Å². The zero-order valence-electron chi connectivity index (χ0n) is 13.4. The van der Waals surface area contributed by atoms with Crippen LogP contribution in [0.25, 0.3) is 11.3 Å². The second-order valence-electron chi connectivity index (χ2n) is 5.42. The van der Waals surface area contributed by atoms with Crippen LogP contribution in [0.15, 0.2) is 18.2 Å². The Bertz CT molecular complexity index is 650. The molecule has 2 rings (SSSR count). The van der Waals surface area contributed by atoms with Crippen LogP contribution in [0.5, 0.6) is 11.5 Å². The quantitative estimate of drug-likeness (QED) is 0.736. The Balaban J connectivity index is 2.46. The number of carbonyl (C=O) groups excluding carboxylic acids is 1. The molecule has 0 fully saturated rings. The molecule has 2 aromatic rings. The number of aryl methyl sites for hydroxylation is 1. The third-order valence-electron chi connectivity index (χ3n) is 3.45. The minimum Gasteiger partial charge on any atom is -0.493 e. The van der Waals surface area contributed by atoms with Crippen molar-refractivity contribution in [2.75, 3.05) is 14.2 Å². The smallest absolute Gasteiger partial charge is 0.172 e. The lowest BCUT2D eigenvalue weighted by Crippen LogP contribution is -2.06. The van der Waals surface area contributed by atoms with Crippen LogP contribution in [0.1, 0.15) is 30.8 Å². The van der Waals surface area contributed by atoms with Crippen molar-refractivity contribution >= 4 is 6.29 Å². The summed E-state index contributed by atoms with van der Waals surface area (Å²) in [6.45, 7) is 5.00. The average molecular weight is 303 g/mol. The maximum Gasteiger partial charge on any atom is 0.172 e. The average Bonchev–Trinajstić information content (AvgIpc) is 2.95. The van der Waals surface area contributed by atoms with Crippen LogP contribution >= 0.6 is 0 Å². The first-order valence-corrected chi connectivity index (χ1v) is 7.21. The fourth-order valence-corrected chi connectivity index (χ4v) is 2.22. The molecule has 0 saturated carbocycles. The molecule has 0 saturated heterocycles. The van der Waals surface area contributed by atoms with Crippen LogP contribution in [-0.4, -0.2) is 35.5 Å². The Hall–Kier alpha value is -2.37. The molecular formula is C16H21N3O3. The molecule has 0 aliphatic heterocycles. The van der Waals surface area contributed by atoms with Crippen LogP contribution in [-0.2, 0) is 6.54 Å². The summed E-state index contributed by atoms with van der Waals surface area (Å²) in [6.07, 6.45) is 1.69.